The van der Waals surface area contributed by atoms with E-state index < -0.39 is 21.3 Å². The van der Waals surface area contributed by atoms with Crippen molar-refractivity contribution in [3.8, 4) is 17.2 Å². The fraction of sp³-hybridized carbons (Fsp3) is 0.185. The van der Waals surface area contributed by atoms with Crippen LogP contribution < -0.4 is 13.7 Å². The molecule has 1 aliphatic heterocycles. The summed E-state index contributed by atoms with van der Waals surface area (Å²) in [5.41, 5.74) is 2.23. The van der Waals surface area contributed by atoms with E-state index in [2.05, 4.69) is 0 Å². The van der Waals surface area contributed by atoms with Crippen LogP contribution in [0.2, 0.25) is 5.02 Å². The first-order chi connectivity index (χ1) is 18.1. The molecule has 0 N–H and O–H groups in total. The van der Waals surface area contributed by atoms with Gasteiger partial charge >= 0.3 is 10.1 Å². The van der Waals surface area contributed by atoms with Gasteiger partial charge < -0.3 is 13.7 Å². The number of imide groups is 1. The predicted octanol–water partition coefficient (Wildman–Crippen LogP) is 5.85. The number of carbonyl (C=O) groups excluding carboxylic acids is 2. The second-order valence-electron chi connectivity index (χ2n) is 8.32. The first-order valence-corrected chi connectivity index (χ1v) is 14.0. The Bertz CT molecular complexity index is 1520. The van der Waals surface area contributed by atoms with Gasteiger partial charge in [0.05, 0.1) is 18.6 Å². The van der Waals surface area contributed by atoms with Crippen molar-refractivity contribution < 1.29 is 31.7 Å². The molecule has 0 atom stereocenters. The van der Waals surface area contributed by atoms with E-state index in [-0.39, 0.29) is 40.0 Å². The molecule has 4 rings (SSSR count). The lowest BCUT2D eigenvalue weighted by Crippen LogP contribution is -2.32. The van der Waals surface area contributed by atoms with Gasteiger partial charge in [0.1, 0.15) is 17.3 Å². The Morgan fingerprint density at radius 1 is 1.00 bits per heavy atom. The van der Waals surface area contributed by atoms with Crippen LogP contribution in [0, 0.1) is 13.8 Å². The minimum atomic E-state index is -4.25. The maximum absolute atomic E-state index is 13.0. The molecule has 0 spiro atoms. The molecule has 0 bridgehead atoms. The van der Waals surface area contributed by atoms with Crippen LogP contribution in [0.25, 0.3) is 6.08 Å². The zero-order chi connectivity index (χ0) is 27.4. The lowest BCUT2D eigenvalue weighted by molar-refractivity contribution is -0.123. The fourth-order valence-electron chi connectivity index (χ4n) is 3.60. The highest BCUT2D eigenvalue weighted by Crippen LogP contribution is 2.38. The number of benzene rings is 3. The molecule has 1 saturated heterocycles. The van der Waals surface area contributed by atoms with Crippen molar-refractivity contribution >= 4 is 50.7 Å². The summed E-state index contributed by atoms with van der Waals surface area (Å²) in [6, 6.07) is 16.0. The zero-order valence-corrected chi connectivity index (χ0v) is 23.2. The highest BCUT2D eigenvalue weighted by atomic mass is 35.5. The van der Waals surface area contributed by atoms with E-state index >= 15 is 0 Å². The summed E-state index contributed by atoms with van der Waals surface area (Å²) in [6.07, 6.45) is 1.41. The van der Waals surface area contributed by atoms with E-state index in [1.165, 1.54) is 43.5 Å². The Balaban J connectivity index is 1.55. The maximum atomic E-state index is 13.0. The molecule has 8 nitrogen and oxygen atoms in total. The quantitative estimate of drug-likeness (QED) is 0.232. The number of methoxy groups -OCH3 is 1. The highest BCUT2D eigenvalue weighted by molar-refractivity contribution is 8.18. The van der Waals surface area contributed by atoms with Gasteiger partial charge in [0.2, 0.25) is 0 Å². The largest absolute Gasteiger partial charge is 0.493 e. The number of para-hydroxylation sites is 1. The van der Waals surface area contributed by atoms with E-state index in [9.17, 15) is 18.0 Å². The third-order valence-electron chi connectivity index (χ3n) is 5.60. The van der Waals surface area contributed by atoms with Crippen LogP contribution in [0.4, 0.5) is 4.79 Å². The van der Waals surface area contributed by atoms with E-state index in [1.54, 1.807) is 12.1 Å². The molecule has 0 radical (unpaired) electrons. The standard InChI is InChI=1S/C27H24ClNO7S2/c1-17-7-8-18(2)23(15-17)35-14-13-29-26(30)24(37-27(29)31)16-19-5-4-6-22(34-3)25(19)36-38(32,33)21-11-9-20(28)10-12-21/h4-12,15-16H,13-14H2,1-3H3/b24-16-. The van der Waals surface area contributed by atoms with E-state index in [0.29, 0.717) is 10.8 Å². The second-order valence-corrected chi connectivity index (χ2v) is 11.3. The molecule has 3 aromatic carbocycles. The molecule has 3 aromatic rings. The van der Waals surface area contributed by atoms with Gasteiger partial charge in [-0.3, -0.25) is 14.5 Å². The Hall–Kier alpha value is -3.47. The number of hydrogen-bond acceptors (Lipinski definition) is 8. The van der Waals surface area contributed by atoms with Crippen LogP contribution >= 0.6 is 23.4 Å². The van der Waals surface area contributed by atoms with Crippen LogP contribution in [0.5, 0.6) is 17.2 Å². The Labute approximate surface area is 230 Å². The smallest absolute Gasteiger partial charge is 0.339 e. The number of halogens is 1. The average molecular weight is 574 g/mol. The highest BCUT2D eigenvalue weighted by Gasteiger charge is 2.35. The SMILES string of the molecule is COc1cccc(/C=C2\SC(=O)N(CCOc3cc(C)ccc3C)C2=O)c1OS(=O)(=O)c1ccc(Cl)cc1. The van der Waals surface area contributed by atoms with Gasteiger partial charge in [0.15, 0.2) is 11.5 Å². The van der Waals surface area contributed by atoms with Gasteiger partial charge in [-0.1, -0.05) is 35.9 Å². The third-order valence-corrected chi connectivity index (χ3v) is 8.00. The van der Waals surface area contributed by atoms with E-state index in [0.717, 1.165) is 27.8 Å². The van der Waals surface area contributed by atoms with Crippen LogP contribution in [0.1, 0.15) is 16.7 Å². The summed E-state index contributed by atoms with van der Waals surface area (Å²) in [4.78, 5) is 26.7. The predicted molar refractivity (Wildman–Crippen MR) is 146 cm³/mol. The molecule has 38 heavy (non-hydrogen) atoms. The molecule has 0 aromatic heterocycles. The van der Waals surface area contributed by atoms with Crippen molar-refractivity contribution in [2.24, 2.45) is 0 Å². The summed E-state index contributed by atoms with van der Waals surface area (Å²) < 4.78 is 42.4. The van der Waals surface area contributed by atoms with Gasteiger partial charge in [-0.15, -0.1) is 0 Å². The Kier molecular flexibility index (Phi) is 8.35. The summed E-state index contributed by atoms with van der Waals surface area (Å²) >= 11 is 6.62. The van der Waals surface area contributed by atoms with Crippen molar-refractivity contribution in [3.63, 3.8) is 0 Å². The Morgan fingerprint density at radius 2 is 1.74 bits per heavy atom. The van der Waals surface area contributed by atoms with E-state index in [1.807, 2.05) is 32.0 Å². The topological polar surface area (TPSA) is 99.2 Å². The molecule has 0 aliphatic carbocycles. The number of ether oxygens (including phenoxy) is 2. The Morgan fingerprint density at radius 3 is 2.45 bits per heavy atom. The van der Waals surface area contributed by atoms with Crippen molar-refractivity contribution in [2.75, 3.05) is 20.3 Å². The van der Waals surface area contributed by atoms with Crippen molar-refractivity contribution in [1.29, 1.82) is 0 Å². The first-order valence-electron chi connectivity index (χ1n) is 11.4. The van der Waals surface area contributed by atoms with Gasteiger partial charge in [0, 0.05) is 10.6 Å². The molecule has 1 aliphatic rings. The summed E-state index contributed by atoms with van der Waals surface area (Å²) in [5.74, 6) is 0.193. The summed E-state index contributed by atoms with van der Waals surface area (Å²) in [5, 5.41) is -0.0814. The molecular weight excluding hydrogens is 550 g/mol. The van der Waals surface area contributed by atoms with Crippen molar-refractivity contribution in [2.45, 2.75) is 18.7 Å². The molecular formula is C27H24ClNO7S2. The summed E-state index contributed by atoms with van der Waals surface area (Å²) in [7, 11) is -2.89. The minimum absolute atomic E-state index is 0.0573. The number of carbonyl (C=O) groups is 2. The minimum Gasteiger partial charge on any atom is -0.493 e. The third kappa shape index (κ3) is 6.15. The van der Waals surface area contributed by atoms with Crippen molar-refractivity contribution in [1.82, 2.24) is 4.90 Å². The molecule has 11 heteroatoms. The number of nitrogens with zero attached hydrogens (tertiary/aromatic N) is 1. The van der Waals surface area contributed by atoms with Gasteiger partial charge in [-0.25, -0.2) is 0 Å². The van der Waals surface area contributed by atoms with Crippen LogP contribution in [0.3, 0.4) is 0 Å². The monoisotopic (exact) mass is 573 g/mol. The van der Waals surface area contributed by atoms with Gasteiger partial charge in [0.25, 0.3) is 11.1 Å². The molecule has 2 amide bonds. The van der Waals surface area contributed by atoms with Crippen LogP contribution in [0.15, 0.2) is 70.5 Å². The van der Waals surface area contributed by atoms with Crippen molar-refractivity contribution in [3.05, 3.63) is 87.3 Å². The molecule has 1 heterocycles. The molecule has 0 saturated carbocycles. The molecule has 198 valence electrons. The number of rotatable bonds is 9. The van der Waals surface area contributed by atoms with Crippen LogP contribution in [-0.2, 0) is 14.9 Å². The second kappa shape index (κ2) is 11.5. The first kappa shape index (κ1) is 27.6. The molecule has 1 fully saturated rings. The van der Waals surface area contributed by atoms with E-state index in [4.69, 9.17) is 25.3 Å². The zero-order valence-electron chi connectivity index (χ0n) is 20.8. The van der Waals surface area contributed by atoms with Crippen LogP contribution in [-0.4, -0.2) is 44.7 Å². The average Bonchev–Trinajstić information content (AvgIpc) is 3.14. The summed E-state index contributed by atoms with van der Waals surface area (Å²) in [6.45, 7) is 4.05. The lowest BCUT2D eigenvalue weighted by Gasteiger charge is -2.15. The fourth-order valence-corrected chi connectivity index (χ4v) is 5.54. The molecule has 0 unspecified atom stereocenters. The lowest BCUT2D eigenvalue weighted by atomic mass is 10.1. The number of hydrogen-bond donors (Lipinski definition) is 0. The van der Waals surface area contributed by atoms with Gasteiger partial charge in [-0.2, -0.15) is 8.42 Å². The number of thioether (sulfide) groups is 1. The normalized spacial score (nSPS) is 14.7. The maximum Gasteiger partial charge on any atom is 0.339 e. The number of aryl methyl sites for hydroxylation is 2. The number of amides is 2. The van der Waals surface area contributed by atoms with Gasteiger partial charge in [-0.05, 0) is 79.2 Å².